The van der Waals surface area contributed by atoms with E-state index in [2.05, 4.69) is 4.98 Å². The summed E-state index contributed by atoms with van der Waals surface area (Å²) in [6.07, 6.45) is 0.418. The van der Waals surface area contributed by atoms with E-state index in [0.717, 1.165) is 10.5 Å². The molecule has 122 valence electrons. The Morgan fingerprint density at radius 1 is 1.39 bits per heavy atom. The normalized spacial score (nSPS) is 11.3. The lowest BCUT2D eigenvalue weighted by Crippen LogP contribution is -2.50. The first kappa shape index (κ1) is 17.1. The zero-order valence-corrected chi connectivity index (χ0v) is 13.9. The second-order valence-corrected chi connectivity index (χ2v) is 6.60. The van der Waals surface area contributed by atoms with E-state index in [1.54, 1.807) is 17.5 Å². The maximum atomic E-state index is 13.2. The summed E-state index contributed by atoms with van der Waals surface area (Å²) in [4.78, 5) is 29.0. The van der Waals surface area contributed by atoms with Crippen LogP contribution in [0.2, 0.25) is 0 Å². The molecule has 0 saturated heterocycles. The fourth-order valence-electron chi connectivity index (χ4n) is 1.88. The molecule has 1 amide bonds. The third-order valence-corrected chi connectivity index (χ3v) is 4.53. The molecule has 1 heterocycles. The Kier molecular flexibility index (Phi) is 4.79. The zero-order chi connectivity index (χ0) is 17.2. The van der Waals surface area contributed by atoms with Crippen LogP contribution in [0.3, 0.4) is 0 Å². The van der Waals surface area contributed by atoms with Crippen LogP contribution in [-0.2, 0) is 11.2 Å². The first-order valence-corrected chi connectivity index (χ1v) is 7.80. The maximum absolute atomic E-state index is 13.2. The van der Waals surface area contributed by atoms with Crippen LogP contribution >= 0.6 is 11.3 Å². The number of carboxylic acids is 1. The number of carbonyl (C=O) groups is 2. The summed E-state index contributed by atoms with van der Waals surface area (Å²) >= 11 is 1.29. The molecule has 0 bridgehead atoms. The topological polar surface area (TPSA) is 70.5 Å². The van der Waals surface area contributed by atoms with Crippen LogP contribution in [-0.4, -0.2) is 39.5 Å². The van der Waals surface area contributed by atoms with Gasteiger partial charge in [0.15, 0.2) is 0 Å². The molecule has 1 aromatic heterocycles. The van der Waals surface area contributed by atoms with Gasteiger partial charge < -0.3 is 10.0 Å². The Labute approximate surface area is 137 Å². The SMILES string of the molecule is CN(C(=O)c1csc(Cc2cccc(F)c2)n1)C(C)(C)C(=O)O. The van der Waals surface area contributed by atoms with Gasteiger partial charge in [-0.25, -0.2) is 14.2 Å². The molecule has 23 heavy (non-hydrogen) atoms. The van der Waals surface area contributed by atoms with Crippen LogP contribution in [0.4, 0.5) is 4.39 Å². The van der Waals surface area contributed by atoms with E-state index in [1.807, 2.05) is 0 Å². The van der Waals surface area contributed by atoms with E-state index in [1.165, 1.54) is 44.4 Å². The number of amides is 1. The standard InChI is InChI=1S/C16H17FN2O3S/c1-16(2,15(21)22)19(3)14(20)12-9-23-13(18-12)8-10-5-4-6-11(17)7-10/h4-7,9H,8H2,1-3H3,(H,21,22). The van der Waals surface area contributed by atoms with Crippen LogP contribution in [0.15, 0.2) is 29.6 Å². The summed E-state index contributed by atoms with van der Waals surface area (Å²) in [6.45, 7) is 2.90. The van der Waals surface area contributed by atoms with Crippen molar-refractivity contribution in [1.29, 1.82) is 0 Å². The van der Waals surface area contributed by atoms with Crippen molar-refractivity contribution < 1.29 is 19.1 Å². The van der Waals surface area contributed by atoms with Crippen LogP contribution < -0.4 is 0 Å². The van der Waals surface area contributed by atoms with Crippen molar-refractivity contribution in [3.63, 3.8) is 0 Å². The molecule has 7 heteroatoms. The Bertz CT molecular complexity index is 742. The number of carboxylic acid groups (broad SMARTS) is 1. The van der Waals surface area contributed by atoms with Crippen LogP contribution in [0.1, 0.15) is 34.9 Å². The molecule has 1 aromatic carbocycles. The number of carbonyl (C=O) groups excluding carboxylic acids is 1. The van der Waals surface area contributed by atoms with Crippen molar-refractivity contribution >= 4 is 23.2 Å². The van der Waals surface area contributed by atoms with Gasteiger partial charge in [-0.1, -0.05) is 12.1 Å². The Balaban J connectivity index is 2.15. The zero-order valence-electron chi connectivity index (χ0n) is 13.0. The van der Waals surface area contributed by atoms with E-state index < -0.39 is 17.4 Å². The second-order valence-electron chi connectivity index (χ2n) is 5.66. The van der Waals surface area contributed by atoms with Gasteiger partial charge in [-0.2, -0.15) is 0 Å². The average Bonchev–Trinajstić information content (AvgIpc) is 2.94. The van der Waals surface area contributed by atoms with Gasteiger partial charge in [0.05, 0.1) is 5.01 Å². The van der Waals surface area contributed by atoms with Crippen molar-refractivity contribution in [3.8, 4) is 0 Å². The molecule has 0 radical (unpaired) electrons. The van der Waals surface area contributed by atoms with Gasteiger partial charge in [0.25, 0.3) is 5.91 Å². The molecule has 0 fully saturated rings. The minimum atomic E-state index is -1.33. The van der Waals surface area contributed by atoms with E-state index in [4.69, 9.17) is 0 Å². The van der Waals surface area contributed by atoms with Gasteiger partial charge in [0.2, 0.25) is 0 Å². The summed E-state index contributed by atoms with van der Waals surface area (Å²) in [5.74, 6) is -1.87. The molecule has 0 aliphatic rings. The number of benzene rings is 1. The Morgan fingerprint density at radius 2 is 2.09 bits per heavy atom. The molecule has 0 saturated carbocycles. The minimum Gasteiger partial charge on any atom is -0.480 e. The molecule has 0 spiro atoms. The largest absolute Gasteiger partial charge is 0.480 e. The highest BCUT2D eigenvalue weighted by molar-refractivity contribution is 7.09. The number of hydrogen-bond donors (Lipinski definition) is 1. The smallest absolute Gasteiger partial charge is 0.329 e. The predicted molar refractivity (Wildman–Crippen MR) is 85.1 cm³/mol. The van der Waals surface area contributed by atoms with E-state index in [9.17, 15) is 19.1 Å². The number of thiazole rings is 1. The van der Waals surface area contributed by atoms with E-state index >= 15 is 0 Å². The number of rotatable bonds is 5. The fourth-order valence-corrected chi connectivity index (χ4v) is 2.68. The van der Waals surface area contributed by atoms with Crippen molar-refractivity contribution in [2.45, 2.75) is 25.8 Å². The van der Waals surface area contributed by atoms with Crippen LogP contribution in [0, 0.1) is 5.82 Å². The van der Waals surface area contributed by atoms with Gasteiger partial charge in [0.1, 0.15) is 17.1 Å². The predicted octanol–water partition coefficient (Wildman–Crippen LogP) is 2.81. The van der Waals surface area contributed by atoms with Gasteiger partial charge in [0, 0.05) is 18.8 Å². The van der Waals surface area contributed by atoms with Crippen LogP contribution in [0.25, 0.3) is 0 Å². The van der Waals surface area contributed by atoms with Gasteiger partial charge in [-0.3, -0.25) is 4.79 Å². The highest BCUT2D eigenvalue weighted by atomic mass is 32.1. The number of likely N-dealkylation sites (N-methyl/N-ethyl adjacent to an activating group) is 1. The highest BCUT2D eigenvalue weighted by Gasteiger charge is 2.36. The van der Waals surface area contributed by atoms with Crippen molar-refractivity contribution in [1.82, 2.24) is 9.88 Å². The molecule has 2 rings (SSSR count). The molecular weight excluding hydrogens is 319 g/mol. The molecule has 0 aliphatic heterocycles. The molecule has 0 aliphatic carbocycles. The molecule has 2 aromatic rings. The lowest BCUT2D eigenvalue weighted by Gasteiger charge is -2.30. The second kappa shape index (κ2) is 6.45. The number of hydrogen-bond acceptors (Lipinski definition) is 4. The number of halogens is 1. The lowest BCUT2D eigenvalue weighted by atomic mass is 10.0. The summed E-state index contributed by atoms with van der Waals surface area (Å²) in [5, 5.41) is 11.4. The van der Waals surface area contributed by atoms with Gasteiger partial charge in [-0.15, -0.1) is 11.3 Å². The summed E-state index contributed by atoms with van der Waals surface area (Å²) in [7, 11) is 1.43. The Hall–Kier alpha value is -2.28. The van der Waals surface area contributed by atoms with Crippen molar-refractivity contribution in [2.75, 3.05) is 7.05 Å². The van der Waals surface area contributed by atoms with Gasteiger partial charge in [-0.05, 0) is 31.5 Å². The summed E-state index contributed by atoms with van der Waals surface area (Å²) < 4.78 is 13.2. The minimum absolute atomic E-state index is 0.193. The third kappa shape index (κ3) is 3.73. The maximum Gasteiger partial charge on any atom is 0.329 e. The highest BCUT2D eigenvalue weighted by Crippen LogP contribution is 2.20. The average molecular weight is 336 g/mol. The van der Waals surface area contributed by atoms with E-state index in [-0.39, 0.29) is 11.5 Å². The first-order chi connectivity index (χ1) is 10.7. The third-order valence-electron chi connectivity index (χ3n) is 3.68. The number of nitrogens with zero attached hydrogens (tertiary/aromatic N) is 2. The molecule has 0 atom stereocenters. The lowest BCUT2D eigenvalue weighted by molar-refractivity contribution is -0.147. The van der Waals surface area contributed by atoms with Crippen molar-refractivity contribution in [3.05, 3.63) is 51.7 Å². The summed E-state index contributed by atoms with van der Waals surface area (Å²) in [6, 6.07) is 6.19. The van der Waals surface area contributed by atoms with Gasteiger partial charge >= 0.3 is 5.97 Å². The molecular formula is C16H17FN2O3S. The quantitative estimate of drug-likeness (QED) is 0.911. The fraction of sp³-hybridized carbons (Fsp3) is 0.312. The number of aromatic nitrogens is 1. The molecule has 5 nitrogen and oxygen atoms in total. The molecule has 1 N–H and O–H groups in total. The van der Waals surface area contributed by atoms with Crippen molar-refractivity contribution in [2.24, 2.45) is 0 Å². The summed E-state index contributed by atoms with van der Waals surface area (Å²) in [5.41, 5.74) is -0.375. The Morgan fingerprint density at radius 3 is 2.70 bits per heavy atom. The van der Waals surface area contributed by atoms with E-state index in [0.29, 0.717) is 11.4 Å². The van der Waals surface area contributed by atoms with Crippen LogP contribution in [0.5, 0.6) is 0 Å². The first-order valence-electron chi connectivity index (χ1n) is 6.92. The number of aliphatic carboxylic acids is 1. The molecule has 0 unspecified atom stereocenters. The monoisotopic (exact) mass is 336 g/mol.